The third kappa shape index (κ3) is 6.71. The van der Waals surface area contributed by atoms with Crippen molar-refractivity contribution in [3.8, 4) is 23.0 Å². The van der Waals surface area contributed by atoms with Crippen molar-refractivity contribution in [3.05, 3.63) is 47.3 Å². The smallest absolute Gasteiger partial charge is 0.387 e. The summed E-state index contributed by atoms with van der Waals surface area (Å²) >= 11 is 0. The zero-order valence-corrected chi connectivity index (χ0v) is 19.2. The van der Waals surface area contributed by atoms with Crippen LogP contribution in [0.25, 0.3) is 0 Å². The number of benzene rings is 2. The molecule has 0 unspecified atom stereocenters. The van der Waals surface area contributed by atoms with Gasteiger partial charge >= 0.3 is 6.61 Å². The fourth-order valence-corrected chi connectivity index (χ4v) is 2.82. The largest absolute Gasteiger partial charge is 0.491 e. The van der Waals surface area contributed by atoms with Crippen LogP contribution < -0.4 is 29.6 Å². The molecule has 0 atom stereocenters. The zero-order chi connectivity index (χ0) is 21.5. The Balaban J connectivity index is 0.00000341. The third-order valence-electron chi connectivity index (χ3n) is 4.20. The highest BCUT2D eigenvalue weighted by Gasteiger charge is 2.20. The Labute approximate surface area is 194 Å². The standard InChI is InChI=1S/C20H22F3N3O4.HI/c1-3-27-15-5-4-12(6-14(15)21)9-25-20(24-2)26-10-13-7-17-18(29-11-28-17)8-16(13)30-19(22)23;/h4-8,19H,3,9-11H2,1-2H3,(H2,24,25,26);1H. The molecule has 2 N–H and O–H groups in total. The van der Waals surface area contributed by atoms with Crippen LogP contribution in [0, 0.1) is 5.82 Å². The quantitative estimate of drug-likeness (QED) is 0.292. The molecule has 11 heteroatoms. The molecular weight excluding hydrogens is 530 g/mol. The van der Waals surface area contributed by atoms with Crippen molar-refractivity contribution in [3.63, 3.8) is 0 Å². The number of aliphatic imine (C=N–C) groups is 1. The second kappa shape index (κ2) is 11.7. The van der Waals surface area contributed by atoms with E-state index in [0.717, 1.165) is 0 Å². The summed E-state index contributed by atoms with van der Waals surface area (Å²) in [6, 6.07) is 7.61. The van der Waals surface area contributed by atoms with Crippen molar-refractivity contribution in [2.24, 2.45) is 4.99 Å². The molecule has 2 aromatic carbocycles. The number of nitrogens with one attached hydrogen (secondary N) is 2. The van der Waals surface area contributed by atoms with Gasteiger partial charge in [0.05, 0.1) is 6.61 Å². The maximum absolute atomic E-state index is 14.0. The molecule has 0 aromatic heterocycles. The van der Waals surface area contributed by atoms with E-state index in [1.54, 1.807) is 32.2 Å². The van der Waals surface area contributed by atoms with Crippen LogP contribution in [0.4, 0.5) is 13.2 Å². The molecule has 0 aliphatic carbocycles. The second-order valence-corrected chi connectivity index (χ2v) is 6.17. The van der Waals surface area contributed by atoms with Gasteiger partial charge in [0.1, 0.15) is 5.75 Å². The molecule has 0 saturated carbocycles. The number of hydrogen-bond acceptors (Lipinski definition) is 5. The lowest BCUT2D eigenvalue weighted by Gasteiger charge is -2.15. The molecule has 31 heavy (non-hydrogen) atoms. The molecule has 0 saturated heterocycles. The molecule has 0 radical (unpaired) electrons. The van der Waals surface area contributed by atoms with Crippen LogP contribution in [0.5, 0.6) is 23.0 Å². The third-order valence-corrected chi connectivity index (χ3v) is 4.20. The highest BCUT2D eigenvalue weighted by atomic mass is 127. The highest BCUT2D eigenvalue weighted by molar-refractivity contribution is 14.0. The van der Waals surface area contributed by atoms with E-state index in [-0.39, 0.29) is 48.8 Å². The summed E-state index contributed by atoms with van der Waals surface area (Å²) in [4.78, 5) is 4.08. The Morgan fingerprint density at radius 3 is 2.45 bits per heavy atom. The van der Waals surface area contributed by atoms with Gasteiger partial charge in [0.25, 0.3) is 0 Å². The maximum atomic E-state index is 14.0. The molecule has 1 aliphatic heterocycles. The molecule has 3 rings (SSSR count). The maximum Gasteiger partial charge on any atom is 0.387 e. The second-order valence-electron chi connectivity index (χ2n) is 6.17. The number of alkyl halides is 2. The Bertz CT molecular complexity index is 915. The Morgan fingerprint density at radius 2 is 1.81 bits per heavy atom. The fraction of sp³-hybridized carbons (Fsp3) is 0.350. The van der Waals surface area contributed by atoms with E-state index >= 15 is 0 Å². The molecular formula is C20H23F3IN3O4. The van der Waals surface area contributed by atoms with Gasteiger partial charge in [-0.25, -0.2) is 4.39 Å². The summed E-state index contributed by atoms with van der Waals surface area (Å²) in [5, 5.41) is 6.04. The number of halogens is 4. The van der Waals surface area contributed by atoms with Gasteiger partial charge in [-0.2, -0.15) is 8.78 Å². The van der Waals surface area contributed by atoms with Gasteiger partial charge in [-0.3, -0.25) is 4.99 Å². The Hall–Kier alpha value is -2.57. The molecule has 0 bridgehead atoms. The lowest BCUT2D eigenvalue weighted by molar-refractivity contribution is -0.0505. The fourth-order valence-electron chi connectivity index (χ4n) is 2.82. The van der Waals surface area contributed by atoms with E-state index in [1.165, 1.54) is 12.1 Å². The predicted molar refractivity (Wildman–Crippen MR) is 119 cm³/mol. The van der Waals surface area contributed by atoms with Gasteiger partial charge < -0.3 is 29.6 Å². The summed E-state index contributed by atoms with van der Waals surface area (Å²) in [5.41, 5.74) is 1.12. The van der Waals surface area contributed by atoms with Crippen molar-refractivity contribution >= 4 is 29.9 Å². The highest BCUT2D eigenvalue weighted by Crippen LogP contribution is 2.38. The summed E-state index contributed by atoms with van der Waals surface area (Å²) < 4.78 is 59.7. The average molecular weight is 553 g/mol. The number of hydrogen-bond donors (Lipinski definition) is 2. The molecule has 170 valence electrons. The van der Waals surface area contributed by atoms with Crippen LogP contribution in [0.2, 0.25) is 0 Å². The minimum Gasteiger partial charge on any atom is -0.491 e. The van der Waals surface area contributed by atoms with Crippen molar-refractivity contribution in [2.45, 2.75) is 26.6 Å². The normalized spacial score (nSPS) is 12.4. The van der Waals surface area contributed by atoms with Crippen LogP contribution in [0.3, 0.4) is 0 Å². The van der Waals surface area contributed by atoms with Crippen molar-refractivity contribution in [2.75, 3.05) is 20.4 Å². The number of fused-ring (bicyclic) bond motifs is 1. The topological polar surface area (TPSA) is 73.3 Å². The van der Waals surface area contributed by atoms with Crippen LogP contribution >= 0.6 is 24.0 Å². The summed E-state index contributed by atoms with van der Waals surface area (Å²) in [7, 11) is 1.56. The van der Waals surface area contributed by atoms with E-state index in [1.807, 2.05) is 0 Å². The number of guanidine groups is 1. The van der Waals surface area contributed by atoms with E-state index < -0.39 is 12.4 Å². The zero-order valence-electron chi connectivity index (χ0n) is 16.9. The average Bonchev–Trinajstić information content (AvgIpc) is 3.17. The predicted octanol–water partition coefficient (Wildman–Crippen LogP) is 4.04. The van der Waals surface area contributed by atoms with Gasteiger partial charge in [0, 0.05) is 31.8 Å². The minimum atomic E-state index is -2.98. The van der Waals surface area contributed by atoms with E-state index in [2.05, 4.69) is 20.4 Å². The molecule has 1 aliphatic rings. The number of nitrogens with zero attached hydrogens (tertiary/aromatic N) is 1. The first-order valence-electron chi connectivity index (χ1n) is 9.23. The van der Waals surface area contributed by atoms with Crippen LogP contribution in [0.15, 0.2) is 35.3 Å². The van der Waals surface area contributed by atoms with Gasteiger partial charge in [-0.1, -0.05) is 6.07 Å². The SMILES string of the molecule is CCOc1ccc(CNC(=NC)NCc2cc3c(cc2OC(F)F)OCO3)cc1F.I. The molecule has 0 amide bonds. The summed E-state index contributed by atoms with van der Waals surface area (Å²) in [6.07, 6.45) is 0. The molecule has 2 aromatic rings. The lowest BCUT2D eigenvalue weighted by atomic mass is 10.1. The van der Waals surface area contributed by atoms with Crippen LogP contribution in [-0.2, 0) is 13.1 Å². The number of rotatable bonds is 8. The van der Waals surface area contributed by atoms with Gasteiger partial charge in [-0.05, 0) is 30.7 Å². The van der Waals surface area contributed by atoms with Gasteiger partial charge in [0.2, 0.25) is 6.79 Å². The van der Waals surface area contributed by atoms with Gasteiger partial charge in [0.15, 0.2) is 29.0 Å². The Morgan fingerprint density at radius 1 is 1.10 bits per heavy atom. The first-order valence-corrected chi connectivity index (χ1v) is 9.23. The van der Waals surface area contributed by atoms with Crippen molar-refractivity contribution in [1.29, 1.82) is 0 Å². The molecule has 1 heterocycles. The van der Waals surface area contributed by atoms with E-state index in [0.29, 0.717) is 41.7 Å². The number of ether oxygens (including phenoxy) is 4. The minimum absolute atomic E-state index is 0. The summed E-state index contributed by atoms with van der Waals surface area (Å²) in [5.74, 6) is 0.901. The Kier molecular flexibility index (Phi) is 9.34. The van der Waals surface area contributed by atoms with Crippen molar-refractivity contribution in [1.82, 2.24) is 10.6 Å². The molecule has 0 fully saturated rings. The lowest BCUT2D eigenvalue weighted by Crippen LogP contribution is -2.36. The monoisotopic (exact) mass is 553 g/mol. The molecule has 0 spiro atoms. The van der Waals surface area contributed by atoms with Crippen LogP contribution in [0.1, 0.15) is 18.1 Å². The van der Waals surface area contributed by atoms with Crippen molar-refractivity contribution < 1.29 is 32.1 Å². The van der Waals surface area contributed by atoms with E-state index in [9.17, 15) is 13.2 Å². The van der Waals surface area contributed by atoms with Gasteiger partial charge in [-0.15, -0.1) is 24.0 Å². The first-order chi connectivity index (χ1) is 14.5. The summed E-state index contributed by atoms with van der Waals surface area (Å²) in [6.45, 7) is -0.371. The molecule has 7 nitrogen and oxygen atoms in total. The van der Waals surface area contributed by atoms with E-state index in [4.69, 9.17) is 14.2 Å². The van der Waals surface area contributed by atoms with Crippen LogP contribution in [-0.4, -0.2) is 33.0 Å². The first kappa shape index (κ1) is 24.7.